The molecule has 2 aromatic heterocycles. The van der Waals surface area contributed by atoms with Gasteiger partial charge in [-0.15, -0.1) is 0 Å². The lowest BCUT2D eigenvalue weighted by Gasteiger charge is -2.08. The maximum atomic E-state index is 11.4. The molecule has 0 atom stereocenters. The highest BCUT2D eigenvalue weighted by Crippen LogP contribution is 2.40. The van der Waals surface area contributed by atoms with Crippen molar-refractivity contribution in [2.24, 2.45) is 0 Å². The van der Waals surface area contributed by atoms with Crippen LogP contribution in [0, 0.1) is 6.92 Å². The Kier molecular flexibility index (Phi) is 3.39. The lowest BCUT2D eigenvalue weighted by Crippen LogP contribution is -2.09. The molecule has 6 nitrogen and oxygen atoms in total. The summed E-state index contributed by atoms with van der Waals surface area (Å²) < 4.78 is 0. The summed E-state index contributed by atoms with van der Waals surface area (Å²) in [6, 6.07) is 1.24. The standard InChI is InChI=1S/C12H12ClN5OS/c1-5-9(13)17-10(6-2-3-6)18-11(5)20-12-15-7(14)4-8(19)16-12/h4,6H,2-3H2,1H3,(H3,14,15,16,19). The predicted octanol–water partition coefficient (Wildman–Crippen LogP) is 2.13. The molecule has 3 rings (SSSR count). The van der Waals surface area contributed by atoms with Gasteiger partial charge in [0.05, 0.1) is 0 Å². The molecule has 0 bridgehead atoms. The fourth-order valence-electron chi connectivity index (χ4n) is 1.70. The van der Waals surface area contributed by atoms with Crippen LogP contribution < -0.4 is 11.3 Å². The Hall–Kier alpha value is -1.60. The Labute approximate surface area is 124 Å². The third-order valence-electron chi connectivity index (χ3n) is 2.93. The van der Waals surface area contributed by atoms with E-state index in [1.165, 1.54) is 17.8 Å². The maximum Gasteiger partial charge on any atom is 0.253 e. The molecule has 2 aromatic rings. The molecule has 1 fully saturated rings. The second-order valence-corrected chi connectivity index (χ2v) is 5.99. The summed E-state index contributed by atoms with van der Waals surface area (Å²) in [4.78, 5) is 26.9. The van der Waals surface area contributed by atoms with Crippen molar-refractivity contribution in [3.05, 3.63) is 33.0 Å². The van der Waals surface area contributed by atoms with E-state index >= 15 is 0 Å². The zero-order valence-electron chi connectivity index (χ0n) is 10.7. The molecule has 0 aliphatic heterocycles. The van der Waals surface area contributed by atoms with Crippen molar-refractivity contribution < 1.29 is 0 Å². The Morgan fingerprint density at radius 3 is 2.80 bits per heavy atom. The van der Waals surface area contributed by atoms with Gasteiger partial charge in [-0.1, -0.05) is 11.6 Å². The first kappa shape index (κ1) is 13.4. The maximum absolute atomic E-state index is 11.4. The topological polar surface area (TPSA) is 97.5 Å². The molecule has 0 amide bonds. The Bertz CT molecular complexity index is 728. The van der Waals surface area contributed by atoms with Crippen LogP contribution in [0.25, 0.3) is 0 Å². The molecular formula is C12H12ClN5OS. The van der Waals surface area contributed by atoms with Crippen molar-refractivity contribution in [1.82, 2.24) is 19.9 Å². The van der Waals surface area contributed by atoms with E-state index in [1.54, 1.807) is 0 Å². The van der Waals surface area contributed by atoms with Crippen LogP contribution >= 0.6 is 23.4 Å². The van der Waals surface area contributed by atoms with Gasteiger partial charge in [0, 0.05) is 17.5 Å². The summed E-state index contributed by atoms with van der Waals surface area (Å²) in [5.41, 5.74) is 6.04. The van der Waals surface area contributed by atoms with Gasteiger partial charge < -0.3 is 10.7 Å². The van der Waals surface area contributed by atoms with E-state index < -0.39 is 0 Å². The van der Waals surface area contributed by atoms with E-state index in [4.69, 9.17) is 17.3 Å². The number of nitrogen functional groups attached to an aromatic ring is 1. The Morgan fingerprint density at radius 2 is 2.15 bits per heavy atom. The zero-order valence-corrected chi connectivity index (χ0v) is 12.3. The smallest absolute Gasteiger partial charge is 0.253 e. The molecule has 0 saturated heterocycles. The number of halogens is 1. The van der Waals surface area contributed by atoms with Gasteiger partial charge >= 0.3 is 0 Å². The molecule has 8 heteroatoms. The largest absolute Gasteiger partial charge is 0.383 e. The average molecular weight is 310 g/mol. The van der Waals surface area contributed by atoms with E-state index in [1.807, 2.05) is 6.92 Å². The third kappa shape index (κ3) is 2.78. The van der Waals surface area contributed by atoms with Crippen LogP contribution in [-0.4, -0.2) is 19.9 Å². The van der Waals surface area contributed by atoms with Gasteiger partial charge in [-0.25, -0.2) is 15.0 Å². The zero-order chi connectivity index (χ0) is 14.3. The van der Waals surface area contributed by atoms with E-state index in [2.05, 4.69) is 19.9 Å². The first-order valence-electron chi connectivity index (χ1n) is 6.11. The van der Waals surface area contributed by atoms with Crippen LogP contribution in [0.5, 0.6) is 0 Å². The van der Waals surface area contributed by atoms with Gasteiger partial charge in [0.25, 0.3) is 5.56 Å². The van der Waals surface area contributed by atoms with E-state index in [9.17, 15) is 4.79 Å². The molecule has 0 aromatic carbocycles. The number of nitrogens with two attached hydrogens (primary N) is 1. The van der Waals surface area contributed by atoms with Crippen LogP contribution in [-0.2, 0) is 0 Å². The third-order valence-corrected chi connectivity index (χ3v) is 4.28. The monoisotopic (exact) mass is 309 g/mol. The van der Waals surface area contributed by atoms with E-state index in [0.29, 0.717) is 21.3 Å². The molecule has 1 aliphatic carbocycles. The Balaban J connectivity index is 1.98. The quantitative estimate of drug-likeness (QED) is 0.666. The molecule has 0 unspecified atom stereocenters. The number of rotatable bonds is 3. The summed E-state index contributed by atoms with van der Waals surface area (Å²) in [5, 5.41) is 1.53. The number of H-pyrrole nitrogens is 1. The number of hydrogen-bond acceptors (Lipinski definition) is 6. The van der Waals surface area contributed by atoms with Crippen LogP contribution in [0.4, 0.5) is 5.82 Å². The summed E-state index contributed by atoms with van der Waals surface area (Å²) in [5.74, 6) is 1.34. The average Bonchev–Trinajstić information content (AvgIpc) is 3.17. The van der Waals surface area contributed by atoms with Crippen molar-refractivity contribution in [1.29, 1.82) is 0 Å². The van der Waals surface area contributed by atoms with Crippen molar-refractivity contribution in [3.8, 4) is 0 Å². The van der Waals surface area contributed by atoms with E-state index in [-0.39, 0.29) is 11.4 Å². The first-order valence-corrected chi connectivity index (χ1v) is 7.31. The van der Waals surface area contributed by atoms with Crippen molar-refractivity contribution in [2.45, 2.75) is 35.9 Å². The molecule has 2 heterocycles. The summed E-state index contributed by atoms with van der Waals surface area (Å²) >= 11 is 7.37. The fraction of sp³-hybridized carbons (Fsp3) is 0.333. The van der Waals surface area contributed by atoms with Crippen LogP contribution in [0.1, 0.15) is 30.1 Å². The summed E-state index contributed by atoms with van der Waals surface area (Å²) in [6.45, 7) is 1.84. The number of hydrogen-bond donors (Lipinski definition) is 2. The minimum Gasteiger partial charge on any atom is -0.383 e. The number of nitrogens with one attached hydrogen (secondary N) is 1. The molecule has 3 N–H and O–H groups in total. The number of aromatic amines is 1. The molecular weight excluding hydrogens is 298 g/mol. The SMILES string of the molecule is Cc1c(Cl)nc(C2CC2)nc1Sc1nc(N)cc(=O)[nH]1. The van der Waals surface area contributed by atoms with Crippen molar-refractivity contribution in [3.63, 3.8) is 0 Å². The van der Waals surface area contributed by atoms with Gasteiger partial charge in [-0.05, 0) is 31.5 Å². The number of aromatic nitrogens is 4. The second-order valence-electron chi connectivity index (χ2n) is 4.65. The normalized spacial score (nSPS) is 14.5. The van der Waals surface area contributed by atoms with Gasteiger partial charge in [0.15, 0.2) is 5.16 Å². The molecule has 0 spiro atoms. The van der Waals surface area contributed by atoms with Gasteiger partial charge in [-0.2, -0.15) is 0 Å². The van der Waals surface area contributed by atoms with Gasteiger partial charge in [0.2, 0.25) is 0 Å². The minimum atomic E-state index is -0.291. The number of anilines is 1. The van der Waals surface area contributed by atoms with Crippen LogP contribution in [0.2, 0.25) is 5.15 Å². The highest BCUT2D eigenvalue weighted by atomic mass is 35.5. The van der Waals surface area contributed by atoms with Crippen molar-refractivity contribution in [2.75, 3.05) is 5.73 Å². The van der Waals surface area contributed by atoms with Crippen molar-refractivity contribution >= 4 is 29.2 Å². The molecule has 0 radical (unpaired) electrons. The molecule has 104 valence electrons. The first-order chi connectivity index (χ1) is 9.52. The number of nitrogens with zero attached hydrogens (tertiary/aromatic N) is 3. The summed E-state index contributed by atoms with van der Waals surface area (Å²) in [7, 11) is 0. The molecule has 20 heavy (non-hydrogen) atoms. The van der Waals surface area contributed by atoms with Gasteiger partial charge in [-0.3, -0.25) is 4.79 Å². The van der Waals surface area contributed by atoms with E-state index in [0.717, 1.165) is 24.2 Å². The van der Waals surface area contributed by atoms with Gasteiger partial charge in [0.1, 0.15) is 21.8 Å². The second kappa shape index (κ2) is 5.06. The predicted molar refractivity (Wildman–Crippen MR) is 77.1 cm³/mol. The Morgan fingerprint density at radius 1 is 1.40 bits per heavy atom. The fourth-order valence-corrected chi connectivity index (χ4v) is 2.81. The van der Waals surface area contributed by atoms with Crippen LogP contribution in [0.3, 0.4) is 0 Å². The minimum absolute atomic E-state index is 0.177. The highest BCUT2D eigenvalue weighted by molar-refractivity contribution is 7.99. The lowest BCUT2D eigenvalue weighted by molar-refractivity contribution is 0.856. The highest BCUT2D eigenvalue weighted by Gasteiger charge is 2.28. The summed E-state index contributed by atoms with van der Waals surface area (Å²) in [6.07, 6.45) is 2.19. The lowest BCUT2D eigenvalue weighted by atomic mass is 10.3. The molecule has 1 saturated carbocycles. The van der Waals surface area contributed by atoms with Crippen LogP contribution in [0.15, 0.2) is 21.0 Å². The molecule has 1 aliphatic rings.